The lowest BCUT2D eigenvalue weighted by molar-refractivity contribution is 0.320. The number of nitrogens with zero attached hydrogens (tertiary/aromatic N) is 1. The summed E-state index contributed by atoms with van der Waals surface area (Å²) in [5.74, 6) is 1.94. The van der Waals surface area contributed by atoms with E-state index in [0.717, 1.165) is 17.8 Å². The van der Waals surface area contributed by atoms with Crippen LogP contribution in [0.3, 0.4) is 0 Å². The number of para-hydroxylation sites is 1. The lowest BCUT2D eigenvalue weighted by Gasteiger charge is -2.23. The highest BCUT2D eigenvalue weighted by molar-refractivity contribution is 5.58. The lowest BCUT2D eigenvalue weighted by atomic mass is 10.0. The first-order valence-corrected chi connectivity index (χ1v) is 8.56. The Morgan fingerprint density at radius 2 is 1.69 bits per heavy atom. The monoisotopic (exact) mass is 350 g/mol. The molecule has 0 saturated carbocycles. The molecule has 2 heterocycles. The third-order valence-electron chi connectivity index (χ3n) is 4.87. The zero-order valence-corrected chi connectivity index (χ0v) is 15.2. The van der Waals surface area contributed by atoms with Gasteiger partial charge in [0.05, 0.1) is 27.4 Å². The summed E-state index contributed by atoms with van der Waals surface area (Å²) in [5, 5.41) is 3.66. The highest BCUT2D eigenvalue weighted by Gasteiger charge is 2.27. The van der Waals surface area contributed by atoms with Gasteiger partial charge in [-0.15, -0.1) is 0 Å². The van der Waals surface area contributed by atoms with Gasteiger partial charge in [-0.1, -0.05) is 18.2 Å². The van der Waals surface area contributed by atoms with E-state index in [0.29, 0.717) is 17.2 Å². The molecule has 1 atom stereocenters. The number of benzene rings is 2. The third-order valence-corrected chi connectivity index (χ3v) is 4.87. The largest absolute Gasteiger partial charge is 0.493 e. The number of aromatic nitrogens is 1. The van der Waals surface area contributed by atoms with Crippen LogP contribution in [-0.4, -0.2) is 25.9 Å². The van der Waals surface area contributed by atoms with Crippen molar-refractivity contribution in [2.24, 2.45) is 0 Å². The highest BCUT2D eigenvalue weighted by atomic mass is 16.5. The molecule has 1 N–H and O–H groups in total. The van der Waals surface area contributed by atoms with Crippen molar-refractivity contribution < 1.29 is 14.2 Å². The van der Waals surface area contributed by atoms with Crippen LogP contribution in [0.1, 0.15) is 22.9 Å². The summed E-state index contributed by atoms with van der Waals surface area (Å²) in [4.78, 5) is 0. The van der Waals surface area contributed by atoms with Gasteiger partial charge in [-0.2, -0.15) is 0 Å². The van der Waals surface area contributed by atoms with Crippen LogP contribution in [0.25, 0.3) is 5.69 Å². The molecule has 0 saturated heterocycles. The molecular formula is C21H22N2O3. The average molecular weight is 350 g/mol. The van der Waals surface area contributed by atoms with E-state index in [1.165, 1.54) is 11.3 Å². The second kappa shape index (κ2) is 6.77. The number of nitrogens with one attached hydrogen (secondary N) is 1. The Balaban J connectivity index is 1.88. The van der Waals surface area contributed by atoms with Gasteiger partial charge in [0.1, 0.15) is 0 Å². The smallest absolute Gasteiger partial charge is 0.203 e. The third kappa shape index (κ3) is 2.52. The van der Waals surface area contributed by atoms with Crippen molar-refractivity contribution in [3.05, 3.63) is 71.5 Å². The van der Waals surface area contributed by atoms with Crippen LogP contribution < -0.4 is 19.5 Å². The summed E-state index contributed by atoms with van der Waals surface area (Å²) in [6.07, 6.45) is 2.10. The number of methoxy groups -OCH3 is 3. The molecule has 0 fully saturated rings. The van der Waals surface area contributed by atoms with E-state index in [-0.39, 0.29) is 6.04 Å². The van der Waals surface area contributed by atoms with Gasteiger partial charge in [-0.05, 0) is 35.9 Å². The molecule has 0 radical (unpaired) electrons. The Kier molecular flexibility index (Phi) is 4.31. The normalized spacial score (nSPS) is 15.6. The lowest BCUT2D eigenvalue weighted by Crippen LogP contribution is -2.22. The van der Waals surface area contributed by atoms with Gasteiger partial charge < -0.3 is 24.1 Å². The molecule has 0 amide bonds. The Morgan fingerprint density at radius 1 is 0.885 bits per heavy atom. The van der Waals surface area contributed by atoms with E-state index >= 15 is 0 Å². The molecule has 3 aromatic rings. The molecule has 5 heteroatoms. The maximum absolute atomic E-state index is 5.72. The van der Waals surface area contributed by atoms with Gasteiger partial charge in [0.15, 0.2) is 11.5 Å². The van der Waals surface area contributed by atoms with Gasteiger partial charge in [0.2, 0.25) is 5.75 Å². The Hall–Kier alpha value is -2.92. The Morgan fingerprint density at radius 3 is 2.46 bits per heavy atom. The minimum Gasteiger partial charge on any atom is -0.493 e. The van der Waals surface area contributed by atoms with Crippen molar-refractivity contribution in [2.45, 2.75) is 12.6 Å². The summed E-state index contributed by atoms with van der Waals surface area (Å²) in [5.41, 5.74) is 4.62. The first-order valence-electron chi connectivity index (χ1n) is 8.56. The summed E-state index contributed by atoms with van der Waals surface area (Å²) in [7, 11) is 4.91. The molecule has 1 aromatic heterocycles. The van der Waals surface area contributed by atoms with E-state index < -0.39 is 0 Å². The van der Waals surface area contributed by atoms with Crippen LogP contribution in [-0.2, 0) is 6.54 Å². The molecule has 1 aliphatic rings. The quantitative estimate of drug-likeness (QED) is 0.779. The van der Waals surface area contributed by atoms with Crippen LogP contribution >= 0.6 is 0 Å². The first-order chi connectivity index (χ1) is 12.8. The summed E-state index contributed by atoms with van der Waals surface area (Å²) in [6.45, 7) is 0.764. The van der Waals surface area contributed by atoms with Crippen molar-refractivity contribution in [1.29, 1.82) is 0 Å². The zero-order chi connectivity index (χ0) is 18.1. The Bertz CT molecular complexity index is 933. The maximum atomic E-state index is 5.72. The first kappa shape index (κ1) is 16.5. The van der Waals surface area contributed by atoms with Crippen molar-refractivity contribution >= 4 is 0 Å². The van der Waals surface area contributed by atoms with Crippen LogP contribution in [0, 0.1) is 0 Å². The molecule has 2 aromatic carbocycles. The molecule has 0 spiro atoms. The second-order valence-electron chi connectivity index (χ2n) is 6.17. The van der Waals surface area contributed by atoms with Crippen molar-refractivity contribution in [2.75, 3.05) is 21.3 Å². The van der Waals surface area contributed by atoms with E-state index in [2.05, 4.69) is 52.5 Å². The van der Waals surface area contributed by atoms with Gasteiger partial charge in [-0.25, -0.2) is 0 Å². The number of ether oxygens (including phenoxy) is 3. The highest BCUT2D eigenvalue weighted by Crippen LogP contribution is 2.44. The molecule has 0 bridgehead atoms. The van der Waals surface area contributed by atoms with Crippen LogP contribution in [0.2, 0.25) is 0 Å². The fourth-order valence-corrected chi connectivity index (χ4v) is 3.68. The van der Waals surface area contributed by atoms with Crippen LogP contribution in [0.4, 0.5) is 0 Å². The van der Waals surface area contributed by atoms with Crippen molar-refractivity contribution in [3.63, 3.8) is 0 Å². The predicted octanol–water partition coefficient (Wildman–Crippen LogP) is 3.70. The van der Waals surface area contributed by atoms with Crippen molar-refractivity contribution in [1.82, 2.24) is 9.88 Å². The summed E-state index contributed by atoms with van der Waals surface area (Å²) in [6, 6.07) is 16.6. The number of hydrogen-bond acceptors (Lipinski definition) is 4. The predicted molar refractivity (Wildman–Crippen MR) is 101 cm³/mol. The Labute approximate surface area is 153 Å². The van der Waals surface area contributed by atoms with E-state index in [9.17, 15) is 0 Å². The molecule has 4 rings (SSSR count). The van der Waals surface area contributed by atoms with E-state index in [1.807, 2.05) is 12.1 Å². The molecule has 0 aliphatic carbocycles. The molecule has 5 nitrogen and oxygen atoms in total. The number of rotatable bonds is 4. The SMILES string of the molecule is COc1ccc(C2NCc3ccccc3-n3cccc32)c(OC)c1OC. The van der Waals surface area contributed by atoms with Gasteiger partial charge in [-0.3, -0.25) is 0 Å². The van der Waals surface area contributed by atoms with Crippen LogP contribution in [0.15, 0.2) is 54.7 Å². The maximum Gasteiger partial charge on any atom is 0.203 e. The fourth-order valence-electron chi connectivity index (χ4n) is 3.68. The van der Waals surface area contributed by atoms with Crippen LogP contribution in [0.5, 0.6) is 17.2 Å². The van der Waals surface area contributed by atoms with E-state index in [4.69, 9.17) is 14.2 Å². The van der Waals surface area contributed by atoms with Gasteiger partial charge in [0, 0.05) is 29.7 Å². The summed E-state index contributed by atoms with van der Waals surface area (Å²) >= 11 is 0. The minimum atomic E-state index is -0.0350. The number of hydrogen-bond donors (Lipinski definition) is 1. The topological polar surface area (TPSA) is 44.7 Å². The number of fused-ring (bicyclic) bond motifs is 3. The molecule has 26 heavy (non-hydrogen) atoms. The average Bonchev–Trinajstić information content (AvgIpc) is 3.11. The molecule has 134 valence electrons. The fraction of sp³-hybridized carbons (Fsp3) is 0.238. The molecular weight excluding hydrogens is 328 g/mol. The minimum absolute atomic E-state index is 0.0350. The van der Waals surface area contributed by atoms with Crippen molar-refractivity contribution in [3.8, 4) is 22.9 Å². The second-order valence-corrected chi connectivity index (χ2v) is 6.17. The summed E-state index contributed by atoms with van der Waals surface area (Å²) < 4.78 is 18.9. The molecule has 1 unspecified atom stereocenters. The molecule has 1 aliphatic heterocycles. The van der Waals surface area contributed by atoms with E-state index in [1.54, 1.807) is 21.3 Å². The zero-order valence-electron chi connectivity index (χ0n) is 15.2. The van der Waals surface area contributed by atoms with Gasteiger partial charge >= 0.3 is 0 Å². The van der Waals surface area contributed by atoms with Gasteiger partial charge in [0.25, 0.3) is 0 Å². The standard InChI is InChI=1S/C21H22N2O3/c1-24-18-11-10-15(20(25-2)21(18)26-3)19-17-9-6-12-23(17)16-8-5-4-7-14(16)13-22-19/h4-12,19,22H,13H2,1-3H3.